The Hall–Kier alpha value is -1.20. The SMILES string of the molecule is O=C(CCOCC(F)F)NC(CCl)Cc1ccccc1. The van der Waals surface area contributed by atoms with Crippen LogP contribution in [0.15, 0.2) is 30.3 Å². The maximum atomic E-state index is 11.8. The summed E-state index contributed by atoms with van der Waals surface area (Å²) in [6.45, 7) is -0.660. The topological polar surface area (TPSA) is 38.3 Å². The molecule has 112 valence electrons. The summed E-state index contributed by atoms with van der Waals surface area (Å²) in [6, 6.07) is 9.48. The van der Waals surface area contributed by atoms with E-state index in [1.54, 1.807) is 0 Å². The number of nitrogens with one attached hydrogen (secondary N) is 1. The summed E-state index contributed by atoms with van der Waals surface area (Å²) in [6.07, 6.45) is -1.82. The van der Waals surface area contributed by atoms with Crippen LogP contribution in [0.2, 0.25) is 0 Å². The van der Waals surface area contributed by atoms with E-state index in [4.69, 9.17) is 11.6 Å². The molecule has 1 N–H and O–H groups in total. The molecule has 0 fully saturated rings. The zero-order chi connectivity index (χ0) is 14.8. The van der Waals surface area contributed by atoms with Crippen molar-refractivity contribution in [3.63, 3.8) is 0 Å². The zero-order valence-corrected chi connectivity index (χ0v) is 11.8. The molecule has 0 radical (unpaired) electrons. The molecule has 0 bridgehead atoms. The van der Waals surface area contributed by atoms with Crippen LogP contribution in [-0.4, -0.2) is 37.5 Å². The Morgan fingerprint density at radius 3 is 2.60 bits per heavy atom. The molecule has 0 aliphatic rings. The van der Waals surface area contributed by atoms with Crippen molar-refractivity contribution >= 4 is 17.5 Å². The molecule has 0 spiro atoms. The van der Waals surface area contributed by atoms with Crippen molar-refractivity contribution in [3.05, 3.63) is 35.9 Å². The van der Waals surface area contributed by atoms with E-state index in [0.29, 0.717) is 12.3 Å². The van der Waals surface area contributed by atoms with Crippen molar-refractivity contribution in [2.45, 2.75) is 25.3 Å². The van der Waals surface area contributed by atoms with Gasteiger partial charge in [0.1, 0.15) is 6.61 Å². The van der Waals surface area contributed by atoms with Crippen molar-refractivity contribution in [2.75, 3.05) is 19.1 Å². The molecular weight excluding hydrogens is 288 g/mol. The monoisotopic (exact) mass is 305 g/mol. The molecule has 0 saturated carbocycles. The molecule has 1 aromatic rings. The van der Waals surface area contributed by atoms with Crippen molar-refractivity contribution in [1.29, 1.82) is 0 Å². The Morgan fingerprint density at radius 1 is 1.30 bits per heavy atom. The number of benzene rings is 1. The number of amides is 1. The quantitative estimate of drug-likeness (QED) is 0.562. The van der Waals surface area contributed by atoms with Gasteiger partial charge in [0.25, 0.3) is 6.43 Å². The molecule has 1 amide bonds. The van der Waals surface area contributed by atoms with Gasteiger partial charge in [-0.25, -0.2) is 8.78 Å². The summed E-state index contributed by atoms with van der Waals surface area (Å²) < 4.78 is 28.3. The van der Waals surface area contributed by atoms with Crippen molar-refractivity contribution < 1.29 is 18.3 Å². The number of halogens is 3. The van der Waals surface area contributed by atoms with Gasteiger partial charge in [-0.15, -0.1) is 11.6 Å². The van der Waals surface area contributed by atoms with Gasteiger partial charge >= 0.3 is 0 Å². The van der Waals surface area contributed by atoms with E-state index in [9.17, 15) is 13.6 Å². The lowest BCUT2D eigenvalue weighted by atomic mass is 10.1. The number of carbonyl (C=O) groups is 1. The van der Waals surface area contributed by atoms with Gasteiger partial charge in [0.05, 0.1) is 6.61 Å². The third-order valence-electron chi connectivity index (χ3n) is 2.59. The number of rotatable bonds is 9. The number of carbonyl (C=O) groups excluding carboxylic acids is 1. The first kappa shape index (κ1) is 16.9. The number of ether oxygens (including phenoxy) is 1. The fraction of sp³-hybridized carbons (Fsp3) is 0.500. The summed E-state index contributed by atoms with van der Waals surface area (Å²) in [5.41, 5.74) is 1.08. The van der Waals surface area contributed by atoms with Crippen LogP contribution in [0.5, 0.6) is 0 Å². The van der Waals surface area contributed by atoms with Crippen LogP contribution in [0.3, 0.4) is 0 Å². The lowest BCUT2D eigenvalue weighted by molar-refractivity contribution is -0.123. The third-order valence-corrected chi connectivity index (χ3v) is 2.97. The second-order valence-corrected chi connectivity index (χ2v) is 4.63. The number of hydrogen-bond donors (Lipinski definition) is 1. The molecule has 1 rings (SSSR count). The first-order valence-corrected chi connectivity index (χ1v) is 6.90. The predicted octanol–water partition coefficient (Wildman–Crippen LogP) is 2.62. The Kier molecular flexibility index (Phi) is 8.14. The highest BCUT2D eigenvalue weighted by Gasteiger charge is 2.12. The molecule has 3 nitrogen and oxygen atoms in total. The second-order valence-electron chi connectivity index (χ2n) is 4.32. The van der Waals surface area contributed by atoms with E-state index in [2.05, 4.69) is 10.1 Å². The first-order valence-electron chi connectivity index (χ1n) is 6.37. The number of alkyl halides is 3. The highest BCUT2D eigenvalue weighted by Crippen LogP contribution is 2.05. The van der Waals surface area contributed by atoms with Gasteiger partial charge in [0.2, 0.25) is 5.91 Å². The van der Waals surface area contributed by atoms with Crippen molar-refractivity contribution in [2.24, 2.45) is 0 Å². The third kappa shape index (κ3) is 7.40. The van der Waals surface area contributed by atoms with Crippen molar-refractivity contribution in [3.8, 4) is 0 Å². The van der Waals surface area contributed by atoms with Gasteiger partial charge in [0.15, 0.2) is 0 Å². The van der Waals surface area contributed by atoms with Crippen LogP contribution >= 0.6 is 11.6 Å². The zero-order valence-electron chi connectivity index (χ0n) is 11.0. The van der Waals surface area contributed by atoms with E-state index in [1.807, 2.05) is 30.3 Å². The van der Waals surface area contributed by atoms with Crippen LogP contribution < -0.4 is 5.32 Å². The fourth-order valence-electron chi connectivity index (χ4n) is 1.68. The molecule has 1 aromatic carbocycles. The second kappa shape index (κ2) is 9.66. The standard InChI is InChI=1S/C14H18ClF2NO2/c15-9-12(8-11-4-2-1-3-5-11)18-14(19)6-7-20-10-13(16)17/h1-5,12-13H,6-10H2,(H,18,19). The smallest absolute Gasteiger partial charge is 0.261 e. The van der Waals surface area contributed by atoms with Gasteiger partial charge < -0.3 is 10.1 Å². The van der Waals surface area contributed by atoms with Gasteiger partial charge in [0, 0.05) is 18.3 Å². The molecule has 20 heavy (non-hydrogen) atoms. The molecule has 0 aliphatic carbocycles. The average Bonchev–Trinajstić information content (AvgIpc) is 2.44. The minimum atomic E-state index is -2.51. The lowest BCUT2D eigenvalue weighted by Crippen LogP contribution is -2.38. The minimum Gasteiger partial charge on any atom is -0.375 e. The summed E-state index contributed by atoms with van der Waals surface area (Å²) in [7, 11) is 0. The molecule has 6 heteroatoms. The highest BCUT2D eigenvalue weighted by atomic mass is 35.5. The van der Waals surface area contributed by atoms with Crippen LogP contribution in [0.25, 0.3) is 0 Å². The molecule has 0 heterocycles. The highest BCUT2D eigenvalue weighted by molar-refractivity contribution is 6.18. The van der Waals surface area contributed by atoms with Crippen LogP contribution in [0.1, 0.15) is 12.0 Å². The predicted molar refractivity (Wildman–Crippen MR) is 74.2 cm³/mol. The maximum absolute atomic E-state index is 11.8. The summed E-state index contributed by atoms with van der Waals surface area (Å²) >= 11 is 5.82. The molecule has 0 aliphatic heterocycles. The van der Waals surface area contributed by atoms with Crippen LogP contribution in [0.4, 0.5) is 8.78 Å². The van der Waals surface area contributed by atoms with Gasteiger partial charge in [-0.3, -0.25) is 4.79 Å². The summed E-state index contributed by atoms with van der Waals surface area (Å²) in [4.78, 5) is 11.6. The van der Waals surface area contributed by atoms with Crippen LogP contribution in [0, 0.1) is 0 Å². The molecular formula is C14H18ClF2NO2. The van der Waals surface area contributed by atoms with E-state index < -0.39 is 13.0 Å². The van der Waals surface area contributed by atoms with E-state index in [1.165, 1.54) is 0 Å². The fourth-order valence-corrected chi connectivity index (χ4v) is 1.87. The number of hydrogen-bond acceptors (Lipinski definition) is 2. The maximum Gasteiger partial charge on any atom is 0.261 e. The molecule has 1 unspecified atom stereocenters. The van der Waals surface area contributed by atoms with Gasteiger partial charge in [-0.05, 0) is 12.0 Å². The lowest BCUT2D eigenvalue weighted by Gasteiger charge is -2.16. The van der Waals surface area contributed by atoms with Gasteiger partial charge in [-0.1, -0.05) is 30.3 Å². The Bertz CT molecular complexity index is 390. The summed E-state index contributed by atoms with van der Waals surface area (Å²) in [5.74, 6) is 0.0410. The molecule has 0 saturated heterocycles. The molecule has 0 aromatic heterocycles. The summed E-state index contributed by atoms with van der Waals surface area (Å²) in [5, 5.41) is 2.76. The van der Waals surface area contributed by atoms with Crippen molar-refractivity contribution in [1.82, 2.24) is 5.32 Å². The minimum absolute atomic E-state index is 0.0173. The Morgan fingerprint density at radius 2 is 2.00 bits per heavy atom. The Labute approximate surface area is 122 Å². The van der Waals surface area contributed by atoms with E-state index in [0.717, 1.165) is 5.56 Å². The van der Waals surface area contributed by atoms with E-state index in [-0.39, 0.29) is 25.0 Å². The van der Waals surface area contributed by atoms with Gasteiger partial charge in [-0.2, -0.15) is 0 Å². The van der Waals surface area contributed by atoms with E-state index >= 15 is 0 Å². The first-order chi connectivity index (χ1) is 9.61. The normalized spacial score (nSPS) is 12.4. The Balaban J connectivity index is 2.27. The average molecular weight is 306 g/mol. The largest absolute Gasteiger partial charge is 0.375 e. The van der Waals surface area contributed by atoms with Crippen LogP contribution in [-0.2, 0) is 16.0 Å². The molecule has 1 atom stereocenters.